The predicted molar refractivity (Wildman–Crippen MR) is 96.8 cm³/mol. The number of fused-ring (bicyclic) bond motifs is 1. The molecule has 0 aliphatic rings. The van der Waals surface area contributed by atoms with Crippen molar-refractivity contribution in [1.82, 2.24) is 14.6 Å². The molecule has 0 fully saturated rings. The number of alkyl halides is 1. The van der Waals surface area contributed by atoms with E-state index in [1.807, 2.05) is 13.1 Å². The highest BCUT2D eigenvalue weighted by Crippen LogP contribution is 2.33. The van der Waals surface area contributed by atoms with E-state index >= 15 is 0 Å². The molecule has 2 aromatic heterocycles. The highest BCUT2D eigenvalue weighted by atomic mass is 35.5. The lowest BCUT2D eigenvalue weighted by atomic mass is 9.95. The second-order valence-corrected chi connectivity index (χ2v) is 6.71. The van der Waals surface area contributed by atoms with E-state index in [1.165, 1.54) is 22.3 Å². The normalized spacial score (nSPS) is 11.4. The molecule has 0 saturated heterocycles. The van der Waals surface area contributed by atoms with Gasteiger partial charge < -0.3 is 0 Å². The van der Waals surface area contributed by atoms with Crippen LogP contribution in [0.15, 0.2) is 18.3 Å². The van der Waals surface area contributed by atoms with Crippen molar-refractivity contribution in [3.05, 3.63) is 51.4 Å². The van der Waals surface area contributed by atoms with E-state index in [2.05, 4.69) is 38.0 Å². The molecule has 1 aromatic carbocycles. The van der Waals surface area contributed by atoms with Crippen LogP contribution in [0.3, 0.4) is 0 Å². The number of aryl methyl sites for hydroxylation is 4. The van der Waals surface area contributed by atoms with Gasteiger partial charge in [-0.15, -0.1) is 11.6 Å². The van der Waals surface area contributed by atoms with E-state index in [0.717, 1.165) is 22.5 Å². The Kier molecular flexibility index (Phi) is 4.35. The van der Waals surface area contributed by atoms with Gasteiger partial charge in [-0.1, -0.05) is 29.3 Å². The first kappa shape index (κ1) is 16.3. The molecular formula is C18H19Cl2N3. The lowest BCUT2D eigenvalue weighted by molar-refractivity contribution is 0.897. The summed E-state index contributed by atoms with van der Waals surface area (Å²) >= 11 is 12.4. The summed E-state index contributed by atoms with van der Waals surface area (Å²) in [6, 6.07) is 4.37. The Morgan fingerprint density at radius 1 is 1.09 bits per heavy atom. The Labute approximate surface area is 146 Å². The van der Waals surface area contributed by atoms with Crippen LogP contribution >= 0.6 is 23.2 Å². The quantitative estimate of drug-likeness (QED) is 0.489. The Morgan fingerprint density at radius 2 is 1.74 bits per heavy atom. The molecule has 2 heterocycles. The van der Waals surface area contributed by atoms with Crippen LogP contribution in [0.5, 0.6) is 0 Å². The molecule has 0 atom stereocenters. The SMILES string of the molecule is Cc1cc(C)c(-c2cnn3c(Cl)c(CCCl)c(C)nc23)c(C)c1. The van der Waals surface area contributed by atoms with E-state index in [1.54, 1.807) is 4.52 Å². The number of hydrogen-bond acceptors (Lipinski definition) is 2. The van der Waals surface area contributed by atoms with Gasteiger partial charge in [0, 0.05) is 22.7 Å². The first-order valence-electron chi connectivity index (χ1n) is 7.61. The van der Waals surface area contributed by atoms with Crippen molar-refractivity contribution in [1.29, 1.82) is 0 Å². The number of benzene rings is 1. The molecule has 0 aliphatic carbocycles. The monoisotopic (exact) mass is 347 g/mol. The molecule has 0 radical (unpaired) electrons. The molecule has 0 amide bonds. The van der Waals surface area contributed by atoms with Gasteiger partial charge in [0.2, 0.25) is 0 Å². The minimum absolute atomic E-state index is 0.512. The van der Waals surface area contributed by atoms with Crippen LogP contribution in [-0.2, 0) is 6.42 Å². The third-order valence-electron chi connectivity index (χ3n) is 4.18. The fourth-order valence-corrected chi connectivity index (χ4v) is 3.80. The van der Waals surface area contributed by atoms with Gasteiger partial charge in [0.1, 0.15) is 5.15 Å². The molecule has 0 spiro atoms. The maximum Gasteiger partial charge on any atom is 0.164 e. The fourth-order valence-electron chi connectivity index (χ4n) is 3.26. The number of hydrogen-bond donors (Lipinski definition) is 0. The van der Waals surface area contributed by atoms with Crippen molar-refractivity contribution in [2.24, 2.45) is 0 Å². The van der Waals surface area contributed by atoms with Crippen LogP contribution in [0, 0.1) is 27.7 Å². The second-order valence-electron chi connectivity index (χ2n) is 5.97. The Hall–Kier alpha value is -1.58. The molecule has 3 rings (SSSR count). The minimum Gasteiger partial charge on any atom is -0.233 e. The third kappa shape index (κ3) is 2.73. The predicted octanol–water partition coefficient (Wildman–Crippen LogP) is 5.06. The van der Waals surface area contributed by atoms with E-state index in [4.69, 9.17) is 28.2 Å². The molecule has 23 heavy (non-hydrogen) atoms. The van der Waals surface area contributed by atoms with E-state index in [0.29, 0.717) is 17.5 Å². The lowest BCUT2D eigenvalue weighted by Crippen LogP contribution is -2.03. The number of aromatic nitrogens is 3. The summed E-state index contributed by atoms with van der Waals surface area (Å²) in [5.74, 6) is 0.512. The van der Waals surface area contributed by atoms with Crippen molar-refractivity contribution < 1.29 is 0 Å². The number of halogens is 2. The number of nitrogens with zero attached hydrogens (tertiary/aromatic N) is 3. The Balaban J connectivity index is 2.30. The average molecular weight is 348 g/mol. The molecule has 5 heteroatoms. The van der Waals surface area contributed by atoms with Crippen LogP contribution in [0.1, 0.15) is 27.9 Å². The van der Waals surface area contributed by atoms with E-state index in [9.17, 15) is 0 Å². The molecule has 0 aliphatic heterocycles. The first-order valence-corrected chi connectivity index (χ1v) is 8.52. The van der Waals surface area contributed by atoms with Gasteiger partial charge >= 0.3 is 0 Å². The zero-order chi connectivity index (χ0) is 16.7. The zero-order valence-electron chi connectivity index (χ0n) is 13.7. The summed E-state index contributed by atoms with van der Waals surface area (Å²) < 4.78 is 1.71. The molecule has 0 N–H and O–H groups in total. The largest absolute Gasteiger partial charge is 0.233 e. The molecular weight excluding hydrogens is 329 g/mol. The van der Waals surface area contributed by atoms with Crippen molar-refractivity contribution in [3.63, 3.8) is 0 Å². The van der Waals surface area contributed by atoms with Crippen LogP contribution < -0.4 is 0 Å². The van der Waals surface area contributed by atoms with Gasteiger partial charge in [0.15, 0.2) is 5.65 Å². The van der Waals surface area contributed by atoms with E-state index in [-0.39, 0.29) is 0 Å². The second kappa shape index (κ2) is 6.14. The average Bonchev–Trinajstić information content (AvgIpc) is 2.86. The smallest absolute Gasteiger partial charge is 0.164 e. The summed E-state index contributed by atoms with van der Waals surface area (Å²) in [5.41, 5.74) is 8.55. The Bertz CT molecular complexity index is 874. The zero-order valence-corrected chi connectivity index (χ0v) is 15.3. The molecule has 0 unspecified atom stereocenters. The number of rotatable bonds is 3. The van der Waals surface area contributed by atoms with Crippen molar-refractivity contribution in [2.45, 2.75) is 34.1 Å². The van der Waals surface area contributed by atoms with Gasteiger partial charge in [-0.3, -0.25) is 0 Å². The first-order chi connectivity index (χ1) is 10.9. The van der Waals surface area contributed by atoms with Crippen LogP contribution in [-0.4, -0.2) is 20.5 Å². The van der Waals surface area contributed by atoms with Crippen LogP contribution in [0.2, 0.25) is 5.15 Å². The molecule has 3 nitrogen and oxygen atoms in total. The summed E-state index contributed by atoms with van der Waals surface area (Å²) in [4.78, 5) is 4.75. The fraction of sp³-hybridized carbons (Fsp3) is 0.333. The van der Waals surface area contributed by atoms with Crippen molar-refractivity contribution in [2.75, 3.05) is 5.88 Å². The molecule has 0 bridgehead atoms. The van der Waals surface area contributed by atoms with Crippen molar-refractivity contribution in [3.8, 4) is 11.1 Å². The summed E-state index contributed by atoms with van der Waals surface area (Å²) in [7, 11) is 0. The maximum absolute atomic E-state index is 6.53. The topological polar surface area (TPSA) is 30.2 Å². The minimum atomic E-state index is 0.512. The highest BCUT2D eigenvalue weighted by molar-refractivity contribution is 6.30. The van der Waals surface area contributed by atoms with Gasteiger partial charge in [-0.25, -0.2) is 9.50 Å². The van der Waals surface area contributed by atoms with Gasteiger partial charge in [-0.05, 0) is 50.8 Å². The summed E-state index contributed by atoms with van der Waals surface area (Å²) in [6.45, 7) is 8.32. The van der Waals surface area contributed by atoms with Crippen molar-refractivity contribution >= 4 is 28.8 Å². The lowest BCUT2D eigenvalue weighted by Gasteiger charge is -2.12. The van der Waals surface area contributed by atoms with Gasteiger partial charge in [-0.2, -0.15) is 5.10 Å². The summed E-state index contributed by atoms with van der Waals surface area (Å²) in [5, 5.41) is 5.06. The molecule has 0 saturated carbocycles. The van der Waals surface area contributed by atoms with E-state index < -0.39 is 0 Å². The highest BCUT2D eigenvalue weighted by Gasteiger charge is 2.18. The Morgan fingerprint density at radius 3 is 2.35 bits per heavy atom. The van der Waals surface area contributed by atoms with Gasteiger partial charge in [0.25, 0.3) is 0 Å². The summed E-state index contributed by atoms with van der Waals surface area (Å²) in [6.07, 6.45) is 2.54. The van der Waals surface area contributed by atoms with Crippen LogP contribution in [0.4, 0.5) is 0 Å². The maximum atomic E-state index is 6.53. The molecule has 120 valence electrons. The molecule has 3 aromatic rings. The standard InChI is InChI=1S/C18H19Cl2N3/c1-10-7-11(2)16(12(3)8-10)15-9-21-23-17(20)14(5-6-19)13(4)22-18(15)23/h7-9H,5-6H2,1-4H3. The third-order valence-corrected chi connectivity index (χ3v) is 4.76. The van der Waals surface area contributed by atoms with Gasteiger partial charge in [0.05, 0.1) is 6.20 Å². The van der Waals surface area contributed by atoms with Crippen LogP contribution in [0.25, 0.3) is 16.8 Å².